The fourth-order valence-electron chi connectivity index (χ4n) is 1.56. The van der Waals surface area contributed by atoms with Crippen molar-refractivity contribution in [2.24, 2.45) is 0 Å². The van der Waals surface area contributed by atoms with Crippen LogP contribution in [0.5, 0.6) is 0 Å². The third kappa shape index (κ3) is 4.12. The maximum absolute atomic E-state index is 2.58. The van der Waals surface area contributed by atoms with Crippen molar-refractivity contribution in [3.8, 4) is 0 Å². The summed E-state index contributed by atoms with van der Waals surface area (Å²) in [6.45, 7) is 9.53. The first-order chi connectivity index (χ1) is 4.61. The van der Waals surface area contributed by atoms with E-state index in [-0.39, 0.29) is 37.7 Å². The van der Waals surface area contributed by atoms with Gasteiger partial charge in [-0.1, -0.05) is 6.42 Å². The monoisotopic (exact) mass is 181 g/mol. The predicted molar refractivity (Wildman–Crippen MR) is 45.2 cm³/mol. The minimum absolute atomic E-state index is 0. The maximum Gasteiger partial charge on any atom is 0.0125 e. The van der Waals surface area contributed by atoms with Crippen LogP contribution in [0.15, 0.2) is 0 Å². The molecule has 0 bridgehead atoms. The van der Waals surface area contributed by atoms with Crippen LogP contribution in [0.2, 0.25) is 0 Å². The summed E-state index contributed by atoms with van der Waals surface area (Å²) in [5, 5.41) is 0. The van der Waals surface area contributed by atoms with E-state index in [1.165, 1.54) is 32.4 Å². The zero-order valence-electron chi connectivity index (χ0n) is 7.84. The summed E-state index contributed by atoms with van der Waals surface area (Å²) in [5.74, 6) is 0. The molecule has 0 saturated carbocycles. The molecule has 0 aromatic heterocycles. The van der Waals surface area contributed by atoms with Crippen molar-refractivity contribution in [3.63, 3.8) is 0 Å². The summed E-state index contributed by atoms with van der Waals surface area (Å²) < 4.78 is 0. The van der Waals surface area contributed by atoms with Crippen LogP contribution in [0.25, 0.3) is 0 Å². The zero-order valence-corrected chi connectivity index (χ0v) is 8.54. The van der Waals surface area contributed by atoms with E-state index >= 15 is 0 Å². The van der Waals surface area contributed by atoms with Crippen LogP contribution in [-0.2, 0) is 0 Å². The number of rotatable bonds is 0. The van der Waals surface area contributed by atoms with E-state index in [2.05, 4.69) is 25.7 Å². The van der Waals surface area contributed by atoms with Gasteiger partial charge in [-0.25, -0.2) is 0 Å². The van der Waals surface area contributed by atoms with E-state index in [4.69, 9.17) is 0 Å². The van der Waals surface area contributed by atoms with Gasteiger partial charge >= 0.3 is 0 Å². The van der Waals surface area contributed by atoms with Gasteiger partial charge in [0.1, 0.15) is 0 Å². The van der Waals surface area contributed by atoms with Gasteiger partial charge in [-0.2, -0.15) is 0 Å². The van der Waals surface area contributed by atoms with Crippen LogP contribution in [0.3, 0.4) is 0 Å². The molecular formula is C9H19ArN. The number of hydrogen-bond donors (Lipinski definition) is 0. The van der Waals surface area contributed by atoms with E-state index in [1.54, 1.807) is 0 Å². The molecule has 0 amide bonds. The summed E-state index contributed by atoms with van der Waals surface area (Å²) in [4.78, 5) is 2.58. The van der Waals surface area contributed by atoms with Gasteiger partial charge in [0.2, 0.25) is 0 Å². The molecular weight excluding hydrogens is 162 g/mol. The Morgan fingerprint density at radius 2 is 1.36 bits per heavy atom. The van der Waals surface area contributed by atoms with Crippen molar-refractivity contribution in [2.45, 2.75) is 45.6 Å². The standard InChI is InChI=1S/C9H19N.Ar/c1-9(2,3)10-7-5-4-6-8-10;/h4-8H2,1-3H3;. The molecule has 0 aromatic rings. The van der Waals surface area contributed by atoms with Crippen molar-refractivity contribution >= 4 is 0 Å². The molecule has 0 radical (unpaired) electrons. The molecule has 0 spiro atoms. The van der Waals surface area contributed by atoms with Crippen LogP contribution >= 0.6 is 0 Å². The second kappa shape index (κ2) is 5.06. The van der Waals surface area contributed by atoms with E-state index in [9.17, 15) is 0 Å². The maximum atomic E-state index is 2.58. The van der Waals surface area contributed by atoms with Gasteiger partial charge in [0, 0.05) is 43.3 Å². The first-order valence-electron chi connectivity index (χ1n) is 4.36. The zero-order chi connectivity index (χ0) is 7.61. The molecule has 0 unspecified atom stereocenters. The van der Waals surface area contributed by atoms with Crippen molar-refractivity contribution in [1.82, 2.24) is 4.90 Å². The van der Waals surface area contributed by atoms with Crippen LogP contribution < -0.4 is 0 Å². The average Bonchev–Trinajstić information content (AvgIpc) is 1.88. The summed E-state index contributed by atoms with van der Waals surface area (Å²) in [6, 6.07) is 0. The first-order valence-corrected chi connectivity index (χ1v) is 4.36. The predicted octanol–water partition coefficient (Wildman–Crippen LogP) is 2.27. The molecule has 11 heavy (non-hydrogen) atoms. The second-order valence-corrected chi connectivity index (χ2v) is 4.22. The van der Waals surface area contributed by atoms with E-state index < -0.39 is 0 Å². The SMILES string of the molecule is CC(C)(C)N1CCCCC1.[Ar]. The Hall–Kier alpha value is 1.22. The van der Waals surface area contributed by atoms with Crippen LogP contribution in [-0.4, -0.2) is 23.5 Å². The smallest absolute Gasteiger partial charge is 0.0125 e. The second-order valence-electron chi connectivity index (χ2n) is 4.22. The van der Waals surface area contributed by atoms with Crippen LogP contribution in [0, 0.1) is 37.7 Å². The molecule has 1 fully saturated rings. The quantitative estimate of drug-likeness (QED) is 0.554. The van der Waals surface area contributed by atoms with Crippen molar-refractivity contribution in [1.29, 1.82) is 0 Å². The molecule has 1 heterocycles. The van der Waals surface area contributed by atoms with Gasteiger partial charge in [-0.3, -0.25) is 4.90 Å². The Labute approximate surface area is 101 Å². The summed E-state index contributed by atoms with van der Waals surface area (Å²) in [5.41, 5.74) is 0.403. The van der Waals surface area contributed by atoms with E-state index in [0.29, 0.717) is 5.54 Å². The number of nitrogens with zero attached hydrogens (tertiary/aromatic N) is 1. The molecule has 1 aliphatic heterocycles. The fourth-order valence-corrected chi connectivity index (χ4v) is 1.56. The van der Waals surface area contributed by atoms with Crippen molar-refractivity contribution < 1.29 is 37.7 Å². The molecule has 1 nitrogen and oxygen atoms in total. The topological polar surface area (TPSA) is 3.24 Å². The molecule has 0 aliphatic carbocycles. The summed E-state index contributed by atoms with van der Waals surface area (Å²) in [6.07, 6.45) is 4.24. The number of likely N-dealkylation sites (tertiary alicyclic amines) is 1. The Kier molecular flexibility index (Phi) is 5.62. The fraction of sp³-hybridized carbons (Fsp3) is 1.00. The third-order valence-corrected chi connectivity index (χ3v) is 2.30. The van der Waals surface area contributed by atoms with Crippen molar-refractivity contribution in [3.05, 3.63) is 0 Å². The van der Waals surface area contributed by atoms with Crippen LogP contribution in [0.1, 0.15) is 40.0 Å². The Balaban J connectivity index is 0.000001000. The van der Waals surface area contributed by atoms with Gasteiger partial charge in [-0.15, -0.1) is 0 Å². The number of piperidine rings is 1. The Morgan fingerprint density at radius 1 is 0.909 bits per heavy atom. The molecule has 1 rings (SSSR count). The molecule has 2 heteroatoms. The Bertz CT molecular complexity index is 101. The third-order valence-electron chi connectivity index (χ3n) is 2.30. The minimum atomic E-state index is 0. The molecule has 0 aromatic carbocycles. The molecule has 0 atom stereocenters. The molecule has 1 aliphatic rings. The van der Waals surface area contributed by atoms with E-state index in [1.807, 2.05) is 0 Å². The molecule has 68 valence electrons. The first kappa shape index (κ1) is 12.2. The van der Waals surface area contributed by atoms with Gasteiger partial charge in [0.15, 0.2) is 0 Å². The average molecular weight is 181 g/mol. The van der Waals surface area contributed by atoms with Crippen molar-refractivity contribution in [2.75, 3.05) is 13.1 Å². The van der Waals surface area contributed by atoms with Gasteiger partial charge in [-0.05, 0) is 46.7 Å². The summed E-state index contributed by atoms with van der Waals surface area (Å²) >= 11 is 0. The molecule has 0 N–H and O–H groups in total. The Morgan fingerprint density at radius 3 is 1.64 bits per heavy atom. The van der Waals surface area contributed by atoms with Gasteiger partial charge in [0.05, 0.1) is 0 Å². The minimum Gasteiger partial charge on any atom is -0.298 e. The summed E-state index contributed by atoms with van der Waals surface area (Å²) in [7, 11) is 0. The van der Waals surface area contributed by atoms with Gasteiger partial charge < -0.3 is 0 Å². The van der Waals surface area contributed by atoms with E-state index in [0.717, 1.165) is 0 Å². The normalized spacial score (nSPS) is 21.0. The largest absolute Gasteiger partial charge is 0.298 e. The number of hydrogen-bond acceptors (Lipinski definition) is 1. The van der Waals surface area contributed by atoms with Gasteiger partial charge in [0.25, 0.3) is 0 Å². The van der Waals surface area contributed by atoms with Crippen LogP contribution in [0.4, 0.5) is 0 Å². The molecule has 1 saturated heterocycles.